The Morgan fingerprint density at radius 1 is 1.39 bits per heavy atom. The highest BCUT2D eigenvalue weighted by atomic mass is 79.9. The van der Waals surface area contributed by atoms with E-state index in [4.69, 9.17) is 5.73 Å². The first-order valence-electron chi connectivity index (χ1n) is 5.54. The number of anilines is 2. The molecule has 102 valence electrons. The second-order valence-electron chi connectivity index (χ2n) is 5.07. The molecule has 0 heterocycles. The number of halogens is 1. The fraction of sp³-hybridized carbons (Fsp3) is 0.500. The molecule has 0 bridgehead atoms. The summed E-state index contributed by atoms with van der Waals surface area (Å²) in [4.78, 5) is 0. The van der Waals surface area contributed by atoms with Crippen LogP contribution in [0.4, 0.5) is 11.4 Å². The predicted molar refractivity (Wildman–Crippen MR) is 80.7 cm³/mol. The van der Waals surface area contributed by atoms with Gasteiger partial charge in [0.2, 0.25) is 0 Å². The molecule has 0 amide bonds. The summed E-state index contributed by atoms with van der Waals surface area (Å²) in [6.45, 7) is 5.66. The maximum atomic E-state index is 11.6. The molecule has 3 N–H and O–H groups in total. The van der Waals surface area contributed by atoms with Crippen LogP contribution in [0.5, 0.6) is 0 Å². The van der Waals surface area contributed by atoms with E-state index >= 15 is 0 Å². The van der Waals surface area contributed by atoms with Crippen LogP contribution < -0.4 is 11.1 Å². The third kappa shape index (κ3) is 3.38. The third-order valence-electron chi connectivity index (χ3n) is 3.06. The van der Waals surface area contributed by atoms with Crippen LogP contribution in [0.3, 0.4) is 0 Å². The zero-order valence-electron chi connectivity index (χ0n) is 11.0. The monoisotopic (exact) mass is 334 g/mol. The molecule has 1 rings (SSSR count). The highest BCUT2D eigenvalue weighted by Crippen LogP contribution is 2.28. The quantitative estimate of drug-likeness (QED) is 0.830. The Kier molecular flexibility index (Phi) is 4.33. The summed E-state index contributed by atoms with van der Waals surface area (Å²) in [6, 6.07) is 3.71. The lowest BCUT2D eigenvalue weighted by Gasteiger charge is -2.24. The molecule has 1 aromatic carbocycles. The van der Waals surface area contributed by atoms with Crippen LogP contribution in [0.1, 0.15) is 19.4 Å². The van der Waals surface area contributed by atoms with Crippen molar-refractivity contribution in [2.24, 2.45) is 0 Å². The summed E-state index contributed by atoms with van der Waals surface area (Å²) in [6.07, 6.45) is 1.25. The van der Waals surface area contributed by atoms with Gasteiger partial charge in [-0.3, -0.25) is 0 Å². The first-order chi connectivity index (χ1) is 8.04. The summed E-state index contributed by atoms with van der Waals surface area (Å²) in [5.74, 6) is 0. The number of nitrogens with one attached hydrogen (secondary N) is 1. The number of hydrogen-bond donors (Lipinski definition) is 2. The van der Waals surface area contributed by atoms with Gasteiger partial charge in [0, 0.05) is 28.6 Å². The Morgan fingerprint density at radius 2 is 1.94 bits per heavy atom. The van der Waals surface area contributed by atoms with Crippen molar-refractivity contribution in [3.05, 3.63) is 22.2 Å². The van der Waals surface area contributed by atoms with E-state index in [2.05, 4.69) is 21.2 Å². The van der Waals surface area contributed by atoms with Crippen molar-refractivity contribution >= 4 is 37.1 Å². The summed E-state index contributed by atoms with van der Waals surface area (Å²) in [7, 11) is -3.11. The average Bonchev–Trinajstić information content (AvgIpc) is 2.20. The molecule has 18 heavy (non-hydrogen) atoms. The number of nitrogens with two attached hydrogens (primary N) is 1. The van der Waals surface area contributed by atoms with E-state index in [1.165, 1.54) is 6.26 Å². The van der Waals surface area contributed by atoms with Gasteiger partial charge in [0.25, 0.3) is 0 Å². The Labute approximate surface area is 117 Å². The normalized spacial score (nSPS) is 12.5. The van der Waals surface area contributed by atoms with E-state index in [-0.39, 0.29) is 0 Å². The highest BCUT2D eigenvalue weighted by molar-refractivity contribution is 9.10. The fourth-order valence-corrected chi connectivity index (χ4v) is 2.11. The molecular formula is C12H19BrN2O2S. The maximum Gasteiger partial charge on any atom is 0.154 e. The number of rotatable bonds is 4. The first kappa shape index (κ1) is 15.3. The van der Waals surface area contributed by atoms with Crippen LogP contribution in [0, 0.1) is 6.92 Å². The Balaban J connectivity index is 2.91. The molecule has 0 atom stereocenters. The summed E-state index contributed by atoms with van der Waals surface area (Å²) in [5, 5.41) is 3.15. The molecule has 6 heteroatoms. The van der Waals surface area contributed by atoms with Crippen LogP contribution in [0.2, 0.25) is 0 Å². The molecule has 1 aromatic rings. The molecular weight excluding hydrogens is 316 g/mol. The van der Waals surface area contributed by atoms with E-state index in [0.29, 0.717) is 12.2 Å². The second kappa shape index (κ2) is 5.09. The molecule has 0 aromatic heterocycles. The Hall–Kier alpha value is -0.750. The minimum Gasteiger partial charge on any atom is -0.398 e. The highest BCUT2D eigenvalue weighted by Gasteiger charge is 2.29. The fourth-order valence-electron chi connectivity index (χ4n) is 1.27. The maximum absolute atomic E-state index is 11.6. The zero-order valence-corrected chi connectivity index (χ0v) is 13.4. The predicted octanol–water partition coefficient (Wildman–Crippen LogP) is 2.57. The molecule has 0 saturated heterocycles. The zero-order chi connectivity index (χ0) is 14.1. The first-order valence-corrected chi connectivity index (χ1v) is 8.22. The average molecular weight is 335 g/mol. The number of sulfone groups is 1. The molecule has 0 aliphatic heterocycles. The van der Waals surface area contributed by atoms with Crippen LogP contribution in [-0.2, 0) is 9.84 Å². The van der Waals surface area contributed by atoms with E-state index < -0.39 is 14.6 Å². The van der Waals surface area contributed by atoms with E-state index in [9.17, 15) is 8.42 Å². The molecule has 0 aliphatic carbocycles. The van der Waals surface area contributed by atoms with E-state index in [0.717, 1.165) is 15.7 Å². The number of benzene rings is 1. The van der Waals surface area contributed by atoms with E-state index in [1.807, 2.05) is 19.1 Å². The van der Waals surface area contributed by atoms with Gasteiger partial charge < -0.3 is 11.1 Å². The second-order valence-corrected chi connectivity index (χ2v) is 8.58. The van der Waals surface area contributed by atoms with Crippen LogP contribution in [-0.4, -0.2) is 26.0 Å². The summed E-state index contributed by atoms with van der Waals surface area (Å²) < 4.78 is 23.2. The molecule has 4 nitrogen and oxygen atoms in total. The van der Waals surface area contributed by atoms with Crippen LogP contribution >= 0.6 is 15.9 Å². The van der Waals surface area contributed by atoms with Gasteiger partial charge in [0.05, 0.1) is 4.75 Å². The van der Waals surface area contributed by atoms with Crippen molar-refractivity contribution in [1.29, 1.82) is 0 Å². The van der Waals surface area contributed by atoms with Gasteiger partial charge in [-0.25, -0.2) is 8.42 Å². The summed E-state index contributed by atoms with van der Waals surface area (Å²) >= 11 is 3.41. The standard InChI is InChI=1S/C12H19BrN2O2S/c1-8-5-11(9(13)6-10(8)14)15-7-12(2,3)18(4,16)17/h5-6,15H,7,14H2,1-4H3. The lowest BCUT2D eigenvalue weighted by atomic mass is 10.1. The lowest BCUT2D eigenvalue weighted by molar-refractivity contribution is 0.560. The summed E-state index contributed by atoms with van der Waals surface area (Å²) in [5.41, 5.74) is 8.29. The third-order valence-corrected chi connectivity index (χ3v) is 5.87. The minimum atomic E-state index is -3.11. The smallest absolute Gasteiger partial charge is 0.154 e. The molecule has 0 spiro atoms. The van der Waals surface area contributed by atoms with Gasteiger partial charge >= 0.3 is 0 Å². The molecule has 0 saturated carbocycles. The van der Waals surface area contributed by atoms with Gasteiger partial charge in [-0.2, -0.15) is 0 Å². The Morgan fingerprint density at radius 3 is 2.44 bits per heavy atom. The van der Waals surface area contributed by atoms with E-state index in [1.54, 1.807) is 13.8 Å². The number of hydrogen-bond acceptors (Lipinski definition) is 4. The van der Waals surface area contributed by atoms with Crippen molar-refractivity contribution in [2.45, 2.75) is 25.5 Å². The minimum absolute atomic E-state index is 0.341. The van der Waals surface area contributed by atoms with Gasteiger partial charge in [-0.15, -0.1) is 0 Å². The lowest BCUT2D eigenvalue weighted by Crippen LogP contribution is -2.38. The van der Waals surface area contributed by atoms with Gasteiger partial charge in [0.15, 0.2) is 9.84 Å². The van der Waals surface area contributed by atoms with Crippen molar-refractivity contribution in [3.63, 3.8) is 0 Å². The molecule has 0 radical (unpaired) electrons. The van der Waals surface area contributed by atoms with Gasteiger partial charge in [0.1, 0.15) is 0 Å². The molecule has 0 aliphatic rings. The van der Waals surface area contributed by atoms with Crippen molar-refractivity contribution in [1.82, 2.24) is 0 Å². The Bertz CT molecular complexity index is 553. The number of aryl methyl sites for hydroxylation is 1. The van der Waals surface area contributed by atoms with Gasteiger partial charge in [-0.1, -0.05) is 0 Å². The molecule has 0 unspecified atom stereocenters. The largest absolute Gasteiger partial charge is 0.398 e. The van der Waals surface area contributed by atoms with Crippen LogP contribution in [0.25, 0.3) is 0 Å². The van der Waals surface area contributed by atoms with Gasteiger partial charge in [-0.05, 0) is 54.4 Å². The number of nitrogen functional groups attached to an aromatic ring is 1. The molecule has 0 fully saturated rings. The van der Waals surface area contributed by atoms with Crippen molar-refractivity contribution in [2.75, 3.05) is 23.9 Å². The van der Waals surface area contributed by atoms with Crippen LogP contribution in [0.15, 0.2) is 16.6 Å². The SMILES string of the molecule is Cc1cc(NCC(C)(C)S(C)(=O)=O)c(Br)cc1N. The van der Waals surface area contributed by atoms with Crippen molar-refractivity contribution in [3.8, 4) is 0 Å². The topological polar surface area (TPSA) is 72.2 Å². The van der Waals surface area contributed by atoms with Crippen molar-refractivity contribution < 1.29 is 8.42 Å².